The van der Waals surface area contributed by atoms with Crippen LogP contribution in [0, 0.1) is 12.8 Å². The van der Waals surface area contributed by atoms with Gasteiger partial charge in [-0.05, 0) is 49.4 Å². The summed E-state index contributed by atoms with van der Waals surface area (Å²) in [5.41, 5.74) is 1.86. The Morgan fingerprint density at radius 3 is 2.76 bits per heavy atom. The van der Waals surface area contributed by atoms with Crippen molar-refractivity contribution >= 4 is 11.0 Å². The molecule has 17 heavy (non-hydrogen) atoms. The first-order valence-electron chi connectivity index (χ1n) is 5.95. The summed E-state index contributed by atoms with van der Waals surface area (Å²) in [5, 5.41) is 11.1. The fourth-order valence-corrected chi connectivity index (χ4v) is 2.23. The molecule has 3 rings (SSSR count). The van der Waals surface area contributed by atoms with Crippen LogP contribution in [-0.2, 0) is 0 Å². The van der Waals surface area contributed by atoms with Crippen LogP contribution in [0.1, 0.15) is 30.3 Å². The Morgan fingerprint density at radius 1 is 1.35 bits per heavy atom. The monoisotopic (exact) mass is 232 g/mol. The fraction of sp³-hybridized carbons (Fsp3) is 0.429. The third kappa shape index (κ3) is 1.80. The number of hydrogen-bond donors (Lipinski definition) is 1. The van der Waals surface area contributed by atoms with Crippen LogP contribution in [-0.4, -0.2) is 12.2 Å². The second-order valence-electron chi connectivity index (χ2n) is 4.82. The van der Waals surface area contributed by atoms with Crippen molar-refractivity contribution in [2.24, 2.45) is 5.92 Å². The van der Waals surface area contributed by atoms with E-state index in [0.717, 1.165) is 35.1 Å². The lowest BCUT2D eigenvalue weighted by molar-refractivity contribution is 0.129. The number of aryl methyl sites for hydroxylation is 1. The minimum Gasteiger partial charge on any atom is -0.493 e. The summed E-state index contributed by atoms with van der Waals surface area (Å²) in [6.45, 7) is 2.02. The third-order valence-corrected chi connectivity index (χ3v) is 3.33. The van der Waals surface area contributed by atoms with Crippen molar-refractivity contribution in [3.63, 3.8) is 0 Å². The van der Waals surface area contributed by atoms with Gasteiger partial charge in [0.15, 0.2) is 11.3 Å². The van der Waals surface area contributed by atoms with Crippen LogP contribution < -0.4 is 4.74 Å². The summed E-state index contributed by atoms with van der Waals surface area (Å²) < 4.78 is 11.0. The van der Waals surface area contributed by atoms with Gasteiger partial charge in [-0.2, -0.15) is 0 Å². The minimum atomic E-state index is -0.465. The molecule has 0 bridgehead atoms. The van der Waals surface area contributed by atoms with Crippen LogP contribution in [0.5, 0.6) is 5.75 Å². The molecule has 1 fully saturated rings. The van der Waals surface area contributed by atoms with E-state index in [0.29, 0.717) is 11.7 Å². The topological polar surface area (TPSA) is 42.6 Å². The lowest BCUT2D eigenvalue weighted by Crippen LogP contribution is -1.96. The molecule has 1 aliphatic carbocycles. The molecule has 1 atom stereocenters. The Bertz CT molecular complexity index is 552. The Morgan fingerprint density at radius 2 is 2.12 bits per heavy atom. The molecule has 1 N–H and O–H groups in total. The maximum atomic E-state index is 10.1. The average Bonchev–Trinajstić information content (AvgIpc) is 3.07. The number of fused-ring (bicyclic) bond motifs is 1. The number of aliphatic hydroxyl groups is 1. The van der Waals surface area contributed by atoms with Crippen LogP contribution in [0.25, 0.3) is 11.0 Å². The molecule has 3 heteroatoms. The molecule has 2 aromatic rings. The van der Waals surface area contributed by atoms with Crippen molar-refractivity contribution in [1.29, 1.82) is 0 Å². The van der Waals surface area contributed by atoms with E-state index in [4.69, 9.17) is 9.15 Å². The largest absolute Gasteiger partial charge is 0.493 e. The zero-order chi connectivity index (χ0) is 12.0. The second-order valence-corrected chi connectivity index (χ2v) is 4.82. The molecule has 1 saturated carbocycles. The average molecular weight is 232 g/mol. The van der Waals surface area contributed by atoms with E-state index < -0.39 is 6.10 Å². The maximum absolute atomic E-state index is 10.1. The molecule has 0 radical (unpaired) electrons. The summed E-state index contributed by atoms with van der Waals surface area (Å²) >= 11 is 0. The van der Waals surface area contributed by atoms with Crippen molar-refractivity contribution in [2.45, 2.75) is 25.9 Å². The normalized spacial score (nSPS) is 17.4. The molecule has 1 unspecified atom stereocenters. The Kier molecular flexibility index (Phi) is 2.37. The van der Waals surface area contributed by atoms with Gasteiger partial charge >= 0.3 is 0 Å². The Hall–Kier alpha value is -1.48. The van der Waals surface area contributed by atoms with E-state index in [9.17, 15) is 5.11 Å². The highest BCUT2D eigenvalue weighted by atomic mass is 16.5. The van der Waals surface area contributed by atoms with Gasteiger partial charge in [0.1, 0.15) is 11.9 Å². The zero-order valence-corrected chi connectivity index (χ0v) is 10.1. The maximum Gasteiger partial charge on any atom is 0.176 e. The first-order chi connectivity index (χ1) is 8.19. The van der Waals surface area contributed by atoms with Gasteiger partial charge in [-0.25, -0.2) is 0 Å². The Balaban J connectivity index is 2.10. The number of aliphatic hydroxyl groups excluding tert-OH is 1. The molecule has 90 valence electrons. The van der Waals surface area contributed by atoms with Gasteiger partial charge < -0.3 is 14.3 Å². The fourth-order valence-electron chi connectivity index (χ4n) is 2.23. The highest BCUT2D eigenvalue weighted by molar-refractivity contribution is 5.84. The second kappa shape index (κ2) is 3.77. The van der Waals surface area contributed by atoms with Crippen LogP contribution in [0.4, 0.5) is 0 Å². The SMILES string of the molecule is COc1cc(C)cc2cc(C(O)C3CC3)oc12. The van der Waals surface area contributed by atoms with Gasteiger partial charge in [0.25, 0.3) is 0 Å². The van der Waals surface area contributed by atoms with E-state index in [-0.39, 0.29) is 0 Å². The van der Waals surface area contributed by atoms with Crippen molar-refractivity contribution in [3.05, 3.63) is 29.5 Å². The molecule has 1 aromatic carbocycles. The van der Waals surface area contributed by atoms with E-state index in [1.807, 2.05) is 25.1 Å². The van der Waals surface area contributed by atoms with Crippen LogP contribution in [0.15, 0.2) is 22.6 Å². The third-order valence-electron chi connectivity index (χ3n) is 3.33. The van der Waals surface area contributed by atoms with E-state index in [1.54, 1.807) is 7.11 Å². The van der Waals surface area contributed by atoms with Gasteiger partial charge in [0, 0.05) is 5.39 Å². The molecule has 1 heterocycles. The zero-order valence-electron chi connectivity index (χ0n) is 10.1. The highest BCUT2D eigenvalue weighted by Crippen LogP contribution is 2.43. The first-order valence-corrected chi connectivity index (χ1v) is 5.95. The number of methoxy groups -OCH3 is 1. The first kappa shape index (κ1) is 10.7. The van der Waals surface area contributed by atoms with Gasteiger partial charge in [0.05, 0.1) is 7.11 Å². The molecule has 1 aliphatic rings. The summed E-state index contributed by atoms with van der Waals surface area (Å²) in [5.74, 6) is 1.77. The van der Waals surface area contributed by atoms with Crippen molar-refractivity contribution in [1.82, 2.24) is 0 Å². The smallest absolute Gasteiger partial charge is 0.176 e. The minimum absolute atomic E-state index is 0.377. The lowest BCUT2D eigenvalue weighted by Gasteiger charge is -2.04. The van der Waals surface area contributed by atoms with E-state index in [2.05, 4.69) is 0 Å². The Labute approximate surface area is 100.0 Å². The molecule has 0 amide bonds. The number of rotatable bonds is 3. The lowest BCUT2D eigenvalue weighted by atomic mass is 10.1. The summed E-state index contributed by atoms with van der Waals surface area (Å²) in [6.07, 6.45) is 1.72. The highest BCUT2D eigenvalue weighted by Gasteiger charge is 2.33. The molecule has 1 aromatic heterocycles. The van der Waals surface area contributed by atoms with Crippen molar-refractivity contribution in [2.75, 3.05) is 7.11 Å². The van der Waals surface area contributed by atoms with Gasteiger partial charge in [-0.3, -0.25) is 0 Å². The molecule has 0 saturated heterocycles. The van der Waals surface area contributed by atoms with Crippen molar-refractivity contribution < 1.29 is 14.3 Å². The predicted octanol–water partition coefficient (Wildman–Crippen LogP) is 3.19. The van der Waals surface area contributed by atoms with Gasteiger partial charge in [-0.1, -0.05) is 0 Å². The van der Waals surface area contributed by atoms with E-state index >= 15 is 0 Å². The summed E-state index contributed by atoms with van der Waals surface area (Å²) in [7, 11) is 1.63. The predicted molar refractivity (Wildman–Crippen MR) is 65.2 cm³/mol. The summed E-state index contributed by atoms with van der Waals surface area (Å²) in [6, 6.07) is 5.91. The van der Waals surface area contributed by atoms with Crippen LogP contribution in [0.3, 0.4) is 0 Å². The number of hydrogen-bond acceptors (Lipinski definition) is 3. The number of furan rings is 1. The van der Waals surface area contributed by atoms with Crippen molar-refractivity contribution in [3.8, 4) is 5.75 Å². The van der Waals surface area contributed by atoms with Gasteiger partial charge in [-0.15, -0.1) is 0 Å². The standard InChI is InChI=1S/C14H16O3/c1-8-5-10-7-11(13(15)9-3-4-9)17-14(10)12(6-8)16-2/h5-7,9,13,15H,3-4H2,1-2H3. The van der Waals surface area contributed by atoms with Crippen LogP contribution in [0.2, 0.25) is 0 Å². The quantitative estimate of drug-likeness (QED) is 0.883. The molecule has 0 aliphatic heterocycles. The summed E-state index contributed by atoms with van der Waals surface area (Å²) in [4.78, 5) is 0. The van der Waals surface area contributed by atoms with Crippen LogP contribution >= 0.6 is 0 Å². The molecular weight excluding hydrogens is 216 g/mol. The number of ether oxygens (including phenoxy) is 1. The molecule has 0 spiro atoms. The van der Waals surface area contributed by atoms with Gasteiger partial charge in [0.2, 0.25) is 0 Å². The molecular formula is C14H16O3. The van der Waals surface area contributed by atoms with E-state index in [1.165, 1.54) is 0 Å². The number of benzene rings is 1. The molecule has 3 nitrogen and oxygen atoms in total.